The van der Waals surface area contributed by atoms with Crippen molar-refractivity contribution >= 4 is 34.1 Å². The van der Waals surface area contributed by atoms with Crippen LogP contribution in [0.15, 0.2) is 48.7 Å². The van der Waals surface area contributed by atoms with Crippen molar-refractivity contribution in [2.45, 2.75) is 25.8 Å². The fourth-order valence-electron chi connectivity index (χ4n) is 3.62. The fourth-order valence-corrected chi connectivity index (χ4v) is 3.80. The number of halogens is 2. The van der Waals surface area contributed by atoms with Crippen molar-refractivity contribution in [3.63, 3.8) is 0 Å². The second kappa shape index (κ2) is 8.48. The maximum absolute atomic E-state index is 13.5. The van der Waals surface area contributed by atoms with E-state index in [0.717, 1.165) is 29.2 Å². The van der Waals surface area contributed by atoms with Crippen LogP contribution in [0.4, 0.5) is 14.9 Å². The van der Waals surface area contributed by atoms with E-state index >= 15 is 0 Å². The van der Waals surface area contributed by atoms with Gasteiger partial charge in [-0.25, -0.2) is 14.2 Å². The van der Waals surface area contributed by atoms with Gasteiger partial charge in [0.15, 0.2) is 0 Å². The van der Waals surface area contributed by atoms with Crippen LogP contribution in [0.5, 0.6) is 5.88 Å². The average Bonchev–Trinajstić information content (AvgIpc) is 3.57. The molecule has 1 atom stereocenters. The summed E-state index contributed by atoms with van der Waals surface area (Å²) >= 11 is 5.86. The van der Waals surface area contributed by atoms with E-state index in [1.165, 1.54) is 18.2 Å². The van der Waals surface area contributed by atoms with Gasteiger partial charge in [0.05, 0.1) is 18.2 Å². The van der Waals surface area contributed by atoms with Gasteiger partial charge in [-0.1, -0.05) is 29.8 Å². The number of nitrogens with one attached hydrogen (secondary N) is 1. The summed E-state index contributed by atoms with van der Waals surface area (Å²) in [4.78, 5) is 19.4. The molecule has 2 aromatic carbocycles. The van der Waals surface area contributed by atoms with E-state index in [1.54, 1.807) is 13.3 Å². The van der Waals surface area contributed by atoms with Crippen LogP contribution in [0, 0.1) is 11.7 Å². The Bertz CT molecular complexity index is 1090. The standard InChI is InChI=1S/C23H23ClFN3O2/c1-14(19-12-26-22(30-2)18-6-4-3-5-17(18)19)28(13-15-7-8-15)23(29)27-16-9-10-21(25)20(24)11-16/h3-6,9-12,14-15H,7-8,13H2,1-2H3,(H,27,29)/t14-/m0/s1. The predicted octanol–water partition coefficient (Wildman–Crippen LogP) is 6.04. The number of hydrogen-bond acceptors (Lipinski definition) is 3. The third kappa shape index (κ3) is 4.19. The number of anilines is 1. The molecule has 0 unspecified atom stereocenters. The Balaban J connectivity index is 1.66. The van der Waals surface area contributed by atoms with E-state index in [1.807, 2.05) is 36.1 Å². The summed E-state index contributed by atoms with van der Waals surface area (Å²) in [7, 11) is 1.60. The number of benzene rings is 2. The number of urea groups is 1. The van der Waals surface area contributed by atoms with Crippen molar-refractivity contribution in [2.24, 2.45) is 5.92 Å². The Kier molecular flexibility index (Phi) is 5.77. The highest BCUT2D eigenvalue weighted by Crippen LogP contribution is 2.36. The Morgan fingerprint density at radius 1 is 1.30 bits per heavy atom. The summed E-state index contributed by atoms with van der Waals surface area (Å²) in [6, 6.07) is 11.6. The van der Waals surface area contributed by atoms with Crippen LogP contribution < -0.4 is 10.1 Å². The summed E-state index contributed by atoms with van der Waals surface area (Å²) in [5, 5.41) is 4.73. The first kappa shape index (κ1) is 20.4. The lowest BCUT2D eigenvalue weighted by molar-refractivity contribution is 0.190. The molecule has 1 aliphatic rings. The minimum absolute atomic E-state index is 0.0278. The van der Waals surface area contributed by atoms with Crippen LogP contribution in [0.2, 0.25) is 5.02 Å². The Morgan fingerprint density at radius 3 is 2.70 bits per heavy atom. The molecule has 0 aliphatic heterocycles. The first-order valence-electron chi connectivity index (χ1n) is 9.92. The lowest BCUT2D eigenvalue weighted by atomic mass is 10.0. The third-order valence-electron chi connectivity index (χ3n) is 5.48. The molecular weight excluding hydrogens is 405 g/mol. The van der Waals surface area contributed by atoms with Gasteiger partial charge < -0.3 is 15.0 Å². The molecule has 0 spiro atoms. The maximum Gasteiger partial charge on any atom is 0.322 e. The fraction of sp³-hybridized carbons (Fsp3) is 0.304. The highest BCUT2D eigenvalue weighted by Gasteiger charge is 2.31. The number of rotatable bonds is 6. The van der Waals surface area contributed by atoms with Crippen molar-refractivity contribution in [3.8, 4) is 5.88 Å². The SMILES string of the molecule is COc1ncc([C@H](C)N(CC2CC2)C(=O)Nc2ccc(F)c(Cl)c2)c2ccccc12. The van der Waals surface area contributed by atoms with Crippen molar-refractivity contribution in [3.05, 3.63) is 65.1 Å². The molecule has 5 nitrogen and oxygen atoms in total. The molecule has 0 saturated heterocycles. The number of pyridine rings is 1. The van der Waals surface area contributed by atoms with Crippen molar-refractivity contribution in [1.29, 1.82) is 0 Å². The first-order valence-corrected chi connectivity index (χ1v) is 10.3. The number of ether oxygens (including phenoxy) is 1. The number of fused-ring (bicyclic) bond motifs is 1. The molecule has 30 heavy (non-hydrogen) atoms. The third-order valence-corrected chi connectivity index (χ3v) is 5.77. The largest absolute Gasteiger partial charge is 0.481 e. The van der Waals surface area contributed by atoms with Crippen molar-refractivity contribution in [2.75, 3.05) is 19.0 Å². The molecule has 1 aliphatic carbocycles. The number of hydrogen-bond donors (Lipinski definition) is 1. The zero-order chi connectivity index (χ0) is 21.3. The van der Waals surface area contributed by atoms with Crippen molar-refractivity contribution < 1.29 is 13.9 Å². The summed E-state index contributed by atoms with van der Waals surface area (Å²) in [5.74, 6) is 0.529. The van der Waals surface area contributed by atoms with Gasteiger partial charge in [0.2, 0.25) is 5.88 Å². The molecule has 1 saturated carbocycles. The number of amides is 2. The number of carbonyl (C=O) groups is 1. The highest BCUT2D eigenvalue weighted by atomic mass is 35.5. The Labute approximate surface area is 179 Å². The number of carbonyl (C=O) groups excluding carboxylic acids is 1. The topological polar surface area (TPSA) is 54.5 Å². The molecule has 4 rings (SSSR count). The van der Waals surface area contributed by atoms with Gasteiger partial charge in [-0.15, -0.1) is 0 Å². The monoisotopic (exact) mass is 427 g/mol. The molecular formula is C23H23ClFN3O2. The normalized spacial score (nSPS) is 14.4. The summed E-state index contributed by atoms with van der Waals surface area (Å²) < 4.78 is 18.9. The molecule has 0 radical (unpaired) electrons. The highest BCUT2D eigenvalue weighted by molar-refractivity contribution is 6.31. The van der Waals surface area contributed by atoms with Crippen LogP contribution in [0.25, 0.3) is 10.8 Å². The van der Waals surface area contributed by atoms with E-state index in [0.29, 0.717) is 24.0 Å². The summed E-state index contributed by atoms with van der Waals surface area (Å²) in [5.41, 5.74) is 1.40. The zero-order valence-corrected chi connectivity index (χ0v) is 17.6. The van der Waals surface area contributed by atoms with E-state index in [-0.39, 0.29) is 17.1 Å². The minimum atomic E-state index is -0.520. The molecule has 1 fully saturated rings. The second-order valence-corrected chi connectivity index (χ2v) is 8.01. The average molecular weight is 428 g/mol. The van der Waals surface area contributed by atoms with Crippen LogP contribution in [-0.2, 0) is 0 Å². The van der Waals surface area contributed by atoms with E-state index < -0.39 is 5.82 Å². The summed E-state index contributed by atoms with van der Waals surface area (Å²) in [6.45, 7) is 2.64. The number of aromatic nitrogens is 1. The molecule has 7 heteroatoms. The molecule has 3 aromatic rings. The van der Waals surface area contributed by atoms with Crippen molar-refractivity contribution in [1.82, 2.24) is 9.88 Å². The van der Waals surface area contributed by atoms with Crippen LogP contribution in [0.3, 0.4) is 0 Å². The van der Waals surface area contributed by atoms with E-state index in [9.17, 15) is 9.18 Å². The van der Waals surface area contributed by atoms with Gasteiger partial charge in [-0.2, -0.15) is 0 Å². The molecule has 0 bridgehead atoms. The zero-order valence-electron chi connectivity index (χ0n) is 16.9. The quantitative estimate of drug-likeness (QED) is 0.521. The van der Waals surface area contributed by atoms with Crippen LogP contribution >= 0.6 is 11.6 Å². The van der Waals surface area contributed by atoms with Gasteiger partial charge in [0, 0.05) is 29.4 Å². The lowest BCUT2D eigenvalue weighted by Gasteiger charge is -2.30. The van der Waals surface area contributed by atoms with Gasteiger partial charge in [0.25, 0.3) is 0 Å². The predicted molar refractivity (Wildman–Crippen MR) is 117 cm³/mol. The maximum atomic E-state index is 13.5. The molecule has 156 valence electrons. The Morgan fingerprint density at radius 2 is 2.03 bits per heavy atom. The van der Waals surface area contributed by atoms with Gasteiger partial charge in [0.1, 0.15) is 5.82 Å². The number of nitrogens with zero attached hydrogens (tertiary/aromatic N) is 2. The first-order chi connectivity index (χ1) is 14.5. The summed E-state index contributed by atoms with van der Waals surface area (Å²) in [6.07, 6.45) is 3.99. The van der Waals surface area contributed by atoms with Crippen LogP contribution in [-0.4, -0.2) is 29.6 Å². The molecule has 1 aromatic heterocycles. The van der Waals surface area contributed by atoms with Gasteiger partial charge in [-0.05, 0) is 55.3 Å². The van der Waals surface area contributed by atoms with E-state index in [4.69, 9.17) is 16.3 Å². The Hall–Kier alpha value is -2.86. The van der Waals surface area contributed by atoms with E-state index in [2.05, 4.69) is 10.3 Å². The smallest absolute Gasteiger partial charge is 0.322 e. The molecule has 1 N–H and O–H groups in total. The minimum Gasteiger partial charge on any atom is -0.481 e. The molecule has 2 amide bonds. The van der Waals surface area contributed by atoms with Crippen LogP contribution in [0.1, 0.15) is 31.4 Å². The van der Waals surface area contributed by atoms with Gasteiger partial charge >= 0.3 is 6.03 Å². The molecule has 1 heterocycles. The second-order valence-electron chi connectivity index (χ2n) is 7.60. The van der Waals surface area contributed by atoms with Gasteiger partial charge in [-0.3, -0.25) is 0 Å². The number of methoxy groups -OCH3 is 1. The lowest BCUT2D eigenvalue weighted by Crippen LogP contribution is -2.38.